The van der Waals surface area contributed by atoms with Gasteiger partial charge in [0.2, 0.25) is 11.8 Å². The number of ether oxygens (including phenoxy) is 2. The Hall–Kier alpha value is -1.14. The molecule has 6 heteroatoms. The fraction of sp³-hybridized carbons (Fsp3) is 0.857. The number of rotatable bonds is 6. The molecule has 20 heavy (non-hydrogen) atoms. The highest BCUT2D eigenvalue weighted by molar-refractivity contribution is 5.89. The first-order valence-electron chi connectivity index (χ1n) is 7.45. The third kappa shape index (κ3) is 4.18. The Morgan fingerprint density at radius 3 is 2.70 bits per heavy atom. The van der Waals surface area contributed by atoms with Crippen molar-refractivity contribution in [2.75, 3.05) is 39.5 Å². The normalized spacial score (nSPS) is 23.9. The molecule has 2 aliphatic rings. The molecule has 1 atom stereocenters. The van der Waals surface area contributed by atoms with E-state index in [1.807, 2.05) is 11.8 Å². The van der Waals surface area contributed by atoms with Crippen LogP contribution in [-0.2, 0) is 19.1 Å². The molecular formula is C14H24N2O4. The monoisotopic (exact) mass is 284 g/mol. The van der Waals surface area contributed by atoms with Crippen LogP contribution in [0.25, 0.3) is 0 Å². The van der Waals surface area contributed by atoms with Crippen molar-refractivity contribution < 1.29 is 19.1 Å². The van der Waals surface area contributed by atoms with Crippen LogP contribution in [0.15, 0.2) is 0 Å². The van der Waals surface area contributed by atoms with Crippen molar-refractivity contribution >= 4 is 11.8 Å². The lowest BCUT2D eigenvalue weighted by atomic mass is 10.0. The van der Waals surface area contributed by atoms with Gasteiger partial charge in [-0.05, 0) is 19.8 Å². The van der Waals surface area contributed by atoms with E-state index in [4.69, 9.17) is 9.47 Å². The van der Waals surface area contributed by atoms with Crippen molar-refractivity contribution in [1.29, 1.82) is 0 Å². The molecule has 1 N–H and O–H groups in total. The fourth-order valence-electron chi connectivity index (χ4n) is 2.70. The van der Waals surface area contributed by atoms with Gasteiger partial charge in [-0.3, -0.25) is 9.59 Å². The Bertz CT molecular complexity index is 340. The summed E-state index contributed by atoms with van der Waals surface area (Å²) >= 11 is 0. The number of amides is 2. The molecule has 0 saturated carbocycles. The number of carbonyl (C=O) groups excluding carboxylic acids is 2. The summed E-state index contributed by atoms with van der Waals surface area (Å²) < 4.78 is 11.0. The summed E-state index contributed by atoms with van der Waals surface area (Å²) in [5.41, 5.74) is 0. The number of hydrogen-bond donors (Lipinski definition) is 1. The van der Waals surface area contributed by atoms with Gasteiger partial charge in [0.25, 0.3) is 0 Å². The first kappa shape index (κ1) is 15.3. The van der Waals surface area contributed by atoms with E-state index in [1.165, 1.54) is 0 Å². The molecule has 2 rings (SSSR count). The van der Waals surface area contributed by atoms with Crippen LogP contribution in [0.1, 0.15) is 26.2 Å². The third-order valence-corrected chi connectivity index (χ3v) is 3.87. The summed E-state index contributed by atoms with van der Waals surface area (Å²) in [6.07, 6.45) is 2.30. The zero-order valence-corrected chi connectivity index (χ0v) is 12.1. The van der Waals surface area contributed by atoms with Crippen LogP contribution in [0.2, 0.25) is 0 Å². The van der Waals surface area contributed by atoms with Gasteiger partial charge in [0, 0.05) is 32.7 Å². The molecule has 2 aliphatic heterocycles. The smallest absolute Gasteiger partial charge is 0.227 e. The second-order valence-corrected chi connectivity index (χ2v) is 5.30. The van der Waals surface area contributed by atoms with E-state index in [2.05, 4.69) is 5.32 Å². The maximum Gasteiger partial charge on any atom is 0.227 e. The van der Waals surface area contributed by atoms with Gasteiger partial charge in [-0.25, -0.2) is 0 Å². The lowest BCUT2D eigenvalue weighted by Crippen LogP contribution is -2.44. The summed E-state index contributed by atoms with van der Waals surface area (Å²) in [6, 6.07) is 0. The average Bonchev–Trinajstić information content (AvgIpc) is 2.90. The zero-order valence-electron chi connectivity index (χ0n) is 12.1. The molecule has 6 nitrogen and oxygen atoms in total. The minimum atomic E-state index is -0.169. The van der Waals surface area contributed by atoms with Gasteiger partial charge < -0.3 is 19.7 Å². The SMILES string of the molecule is CCOCCOC1CCN(C(=O)C2CNC(=O)C2)CC1. The highest BCUT2D eigenvalue weighted by Gasteiger charge is 2.33. The molecule has 2 fully saturated rings. The summed E-state index contributed by atoms with van der Waals surface area (Å²) in [5.74, 6) is -0.0773. The van der Waals surface area contributed by atoms with Crippen molar-refractivity contribution in [2.45, 2.75) is 32.3 Å². The third-order valence-electron chi connectivity index (χ3n) is 3.87. The number of piperidine rings is 1. The Labute approximate surface area is 119 Å². The summed E-state index contributed by atoms with van der Waals surface area (Å²) in [5, 5.41) is 2.71. The summed E-state index contributed by atoms with van der Waals surface area (Å²) in [4.78, 5) is 25.2. The number of likely N-dealkylation sites (tertiary alicyclic amines) is 1. The maximum atomic E-state index is 12.2. The van der Waals surface area contributed by atoms with Gasteiger partial charge in [0.05, 0.1) is 25.2 Å². The molecular weight excluding hydrogens is 260 g/mol. The molecule has 114 valence electrons. The summed E-state index contributed by atoms with van der Waals surface area (Å²) in [6.45, 7) is 5.87. The van der Waals surface area contributed by atoms with Crippen LogP contribution in [0.3, 0.4) is 0 Å². The molecule has 0 aliphatic carbocycles. The average molecular weight is 284 g/mol. The molecule has 2 amide bonds. The fourth-order valence-corrected chi connectivity index (χ4v) is 2.70. The highest BCUT2D eigenvalue weighted by atomic mass is 16.5. The van der Waals surface area contributed by atoms with Crippen LogP contribution < -0.4 is 5.32 Å². The van der Waals surface area contributed by atoms with E-state index in [0.717, 1.165) is 25.9 Å². The molecule has 0 bridgehead atoms. The Balaban J connectivity index is 1.66. The van der Waals surface area contributed by atoms with E-state index in [1.54, 1.807) is 0 Å². The zero-order chi connectivity index (χ0) is 14.4. The first-order chi connectivity index (χ1) is 9.70. The van der Waals surface area contributed by atoms with Crippen molar-refractivity contribution in [3.8, 4) is 0 Å². The van der Waals surface area contributed by atoms with Crippen molar-refractivity contribution in [3.63, 3.8) is 0 Å². The van der Waals surface area contributed by atoms with Gasteiger partial charge in [-0.15, -0.1) is 0 Å². The molecule has 2 saturated heterocycles. The van der Waals surface area contributed by atoms with E-state index in [9.17, 15) is 9.59 Å². The predicted octanol–water partition coefficient (Wildman–Crippen LogP) is 0.167. The van der Waals surface area contributed by atoms with Gasteiger partial charge in [0.15, 0.2) is 0 Å². The Morgan fingerprint density at radius 1 is 1.35 bits per heavy atom. The van der Waals surface area contributed by atoms with Crippen LogP contribution in [0.4, 0.5) is 0 Å². The minimum Gasteiger partial charge on any atom is -0.379 e. The standard InChI is InChI=1S/C14H24N2O4/c1-2-19-7-8-20-12-3-5-16(6-4-12)14(18)11-9-13(17)15-10-11/h11-12H,2-10H2,1H3,(H,15,17). The number of nitrogens with one attached hydrogen (secondary N) is 1. The van der Waals surface area contributed by atoms with Gasteiger partial charge >= 0.3 is 0 Å². The van der Waals surface area contributed by atoms with Gasteiger partial charge in [0.1, 0.15) is 0 Å². The van der Waals surface area contributed by atoms with E-state index in [-0.39, 0.29) is 23.8 Å². The van der Waals surface area contributed by atoms with Gasteiger partial charge in [-0.2, -0.15) is 0 Å². The van der Waals surface area contributed by atoms with Crippen molar-refractivity contribution in [2.24, 2.45) is 5.92 Å². The predicted molar refractivity (Wildman–Crippen MR) is 73.2 cm³/mol. The van der Waals surface area contributed by atoms with Crippen molar-refractivity contribution in [1.82, 2.24) is 10.2 Å². The molecule has 2 heterocycles. The molecule has 0 spiro atoms. The second-order valence-electron chi connectivity index (χ2n) is 5.30. The van der Waals surface area contributed by atoms with E-state index in [0.29, 0.717) is 32.8 Å². The topological polar surface area (TPSA) is 67.9 Å². The largest absolute Gasteiger partial charge is 0.379 e. The van der Waals surface area contributed by atoms with Crippen LogP contribution in [-0.4, -0.2) is 62.3 Å². The highest BCUT2D eigenvalue weighted by Crippen LogP contribution is 2.19. The van der Waals surface area contributed by atoms with Crippen LogP contribution in [0, 0.1) is 5.92 Å². The molecule has 0 aromatic carbocycles. The van der Waals surface area contributed by atoms with E-state index < -0.39 is 0 Å². The number of hydrogen-bond acceptors (Lipinski definition) is 4. The molecule has 0 aromatic rings. The quantitative estimate of drug-likeness (QED) is 0.706. The summed E-state index contributed by atoms with van der Waals surface area (Å²) in [7, 11) is 0. The first-order valence-corrected chi connectivity index (χ1v) is 7.45. The molecule has 0 radical (unpaired) electrons. The minimum absolute atomic E-state index is 0.0162. The van der Waals surface area contributed by atoms with Gasteiger partial charge in [-0.1, -0.05) is 0 Å². The lowest BCUT2D eigenvalue weighted by Gasteiger charge is -2.33. The molecule has 0 aromatic heterocycles. The second kappa shape index (κ2) is 7.59. The maximum absolute atomic E-state index is 12.2. The Kier molecular flexibility index (Phi) is 5.79. The van der Waals surface area contributed by atoms with Crippen LogP contribution in [0.5, 0.6) is 0 Å². The molecule has 1 unspecified atom stereocenters. The lowest BCUT2D eigenvalue weighted by molar-refractivity contribution is -0.138. The Morgan fingerprint density at radius 2 is 2.10 bits per heavy atom. The van der Waals surface area contributed by atoms with Crippen molar-refractivity contribution in [3.05, 3.63) is 0 Å². The number of carbonyl (C=O) groups is 2. The van der Waals surface area contributed by atoms with E-state index >= 15 is 0 Å². The van der Waals surface area contributed by atoms with Crippen LogP contribution >= 0.6 is 0 Å². The number of nitrogens with zero attached hydrogens (tertiary/aromatic N) is 1.